The molecule has 1 aromatic heterocycles. The molecular formula is C59H44N4. The van der Waals surface area contributed by atoms with Crippen molar-refractivity contribution >= 4 is 33.5 Å². The maximum Gasteiger partial charge on any atom is 0.159 e. The molecule has 0 saturated heterocycles. The van der Waals surface area contributed by atoms with E-state index in [1.807, 2.05) is 6.07 Å². The topological polar surface area (TPSA) is 41.7 Å². The van der Waals surface area contributed by atoms with E-state index in [0.29, 0.717) is 5.84 Å². The van der Waals surface area contributed by atoms with Gasteiger partial charge >= 0.3 is 0 Å². The fraction of sp³-hybridized carbons (Fsp3) is 0.0508. The average Bonchev–Trinajstić information content (AvgIpc) is 3.70. The molecule has 1 aliphatic heterocycles. The van der Waals surface area contributed by atoms with E-state index in [-0.39, 0.29) is 5.92 Å². The Balaban J connectivity index is 1.17. The van der Waals surface area contributed by atoms with E-state index in [1.165, 1.54) is 38.6 Å². The zero-order valence-corrected chi connectivity index (χ0v) is 34.7. The molecule has 0 saturated carbocycles. The number of rotatable bonds is 10. The quantitative estimate of drug-likeness (QED) is 0.147. The molecule has 2 atom stereocenters. The summed E-state index contributed by atoms with van der Waals surface area (Å²) < 4.78 is 2.43. The van der Waals surface area contributed by atoms with Crippen molar-refractivity contribution in [3.63, 3.8) is 0 Å². The molecule has 4 heteroatoms. The van der Waals surface area contributed by atoms with E-state index < -0.39 is 6.17 Å². The molecule has 63 heavy (non-hydrogen) atoms. The van der Waals surface area contributed by atoms with Gasteiger partial charge < -0.3 is 9.88 Å². The van der Waals surface area contributed by atoms with Crippen LogP contribution in [0.5, 0.6) is 0 Å². The maximum atomic E-state index is 5.56. The molecule has 9 aromatic carbocycles. The third-order valence-corrected chi connectivity index (χ3v) is 12.3. The van der Waals surface area contributed by atoms with Gasteiger partial charge in [0.15, 0.2) is 5.84 Å². The van der Waals surface area contributed by atoms with Crippen LogP contribution in [0.4, 0.5) is 0 Å². The predicted molar refractivity (Wildman–Crippen MR) is 262 cm³/mol. The summed E-state index contributed by atoms with van der Waals surface area (Å²) in [4.78, 5) is 11.0. The number of aromatic nitrogens is 1. The Morgan fingerprint density at radius 3 is 1.57 bits per heavy atom. The van der Waals surface area contributed by atoms with Gasteiger partial charge in [-0.25, -0.2) is 9.98 Å². The van der Waals surface area contributed by atoms with E-state index in [9.17, 15) is 0 Å². The maximum absolute atomic E-state index is 5.56. The first kappa shape index (κ1) is 37.9. The van der Waals surface area contributed by atoms with Crippen LogP contribution in [0.3, 0.4) is 0 Å². The van der Waals surface area contributed by atoms with Gasteiger partial charge in [-0.15, -0.1) is 0 Å². The van der Waals surface area contributed by atoms with Gasteiger partial charge in [-0.05, 0) is 58.0 Å². The van der Waals surface area contributed by atoms with Crippen LogP contribution >= 0.6 is 0 Å². The molecule has 0 bridgehead atoms. The van der Waals surface area contributed by atoms with E-state index in [2.05, 4.69) is 240 Å². The van der Waals surface area contributed by atoms with Gasteiger partial charge in [0.05, 0.1) is 16.7 Å². The number of benzene rings is 9. The highest BCUT2D eigenvalue weighted by atomic mass is 15.2. The fourth-order valence-electron chi connectivity index (χ4n) is 9.45. The number of hydrogen-bond donors (Lipinski definition) is 1. The number of para-hydroxylation sites is 3. The molecule has 2 unspecified atom stereocenters. The first-order valence-corrected chi connectivity index (χ1v) is 21.7. The van der Waals surface area contributed by atoms with Crippen LogP contribution in [-0.2, 0) is 6.42 Å². The summed E-state index contributed by atoms with van der Waals surface area (Å²) in [6.45, 7) is 0. The van der Waals surface area contributed by atoms with Crippen LogP contribution in [0.2, 0.25) is 0 Å². The average molecular weight is 809 g/mol. The zero-order chi connectivity index (χ0) is 42.0. The fourth-order valence-corrected chi connectivity index (χ4v) is 9.45. The third-order valence-electron chi connectivity index (χ3n) is 12.3. The summed E-state index contributed by atoms with van der Waals surface area (Å²) in [5.74, 6) is 1.47. The number of aliphatic imine (C=N–C) groups is 2. The molecule has 0 aliphatic carbocycles. The molecule has 1 aliphatic rings. The molecule has 0 amide bonds. The van der Waals surface area contributed by atoms with E-state index >= 15 is 0 Å². The van der Waals surface area contributed by atoms with E-state index in [0.717, 1.165) is 56.8 Å². The summed E-state index contributed by atoms with van der Waals surface area (Å²) in [6, 6.07) is 84.5. The first-order valence-electron chi connectivity index (χ1n) is 21.7. The zero-order valence-electron chi connectivity index (χ0n) is 34.7. The second kappa shape index (κ2) is 16.8. The van der Waals surface area contributed by atoms with Crippen molar-refractivity contribution in [2.75, 3.05) is 0 Å². The number of hydrogen-bond acceptors (Lipinski definition) is 3. The normalized spacial score (nSPS) is 14.2. The monoisotopic (exact) mass is 808 g/mol. The second-order valence-electron chi connectivity index (χ2n) is 16.1. The third kappa shape index (κ3) is 7.22. The molecule has 4 nitrogen and oxygen atoms in total. The van der Waals surface area contributed by atoms with Crippen molar-refractivity contribution in [2.45, 2.75) is 18.5 Å². The lowest BCUT2D eigenvalue weighted by Gasteiger charge is -2.31. The Bertz CT molecular complexity index is 3210. The highest BCUT2D eigenvalue weighted by Crippen LogP contribution is 2.43. The standard InChI is InChI=1S/C59H44N4/c1-6-22-41(23-7-1)40-52(44-28-12-4-13-29-44)55-46(42-24-8-2-9-25-42)34-20-36-50(55)58-60-57(45-30-14-5-15-31-45)61-59(62-58)51-37-21-35-47(43-26-10-3-11-27-43)56(51)63-53-38-18-16-32-48(53)49-33-17-19-39-54(49)63/h1-39,52,58H,40H2,(H,60,61,62). The lowest BCUT2D eigenvalue weighted by Crippen LogP contribution is -2.35. The van der Waals surface area contributed by atoms with Crippen LogP contribution in [0.1, 0.15) is 45.5 Å². The number of amidine groups is 2. The molecule has 10 aromatic rings. The van der Waals surface area contributed by atoms with Gasteiger partial charge in [-0.3, -0.25) is 0 Å². The summed E-state index contributed by atoms with van der Waals surface area (Å²) in [5.41, 5.74) is 14.8. The Labute approximate surface area is 368 Å². The second-order valence-corrected chi connectivity index (χ2v) is 16.1. The minimum atomic E-state index is -0.472. The summed E-state index contributed by atoms with van der Waals surface area (Å²) >= 11 is 0. The molecular weight excluding hydrogens is 765 g/mol. The Morgan fingerprint density at radius 1 is 0.444 bits per heavy atom. The van der Waals surface area contributed by atoms with Crippen LogP contribution in [0.25, 0.3) is 49.7 Å². The highest BCUT2D eigenvalue weighted by Gasteiger charge is 2.31. The number of nitrogens with one attached hydrogen (secondary N) is 1. The van der Waals surface area contributed by atoms with Gasteiger partial charge in [0.1, 0.15) is 12.0 Å². The van der Waals surface area contributed by atoms with E-state index in [1.54, 1.807) is 0 Å². The molecule has 0 radical (unpaired) electrons. The SMILES string of the molecule is c1ccc(CC(c2ccccc2)c2c(-c3ccccc3)cccc2C2N=C(c3ccccc3)N=C(c3cccc(-c4ccccc4)c3-n3c4ccccc4c4ccccc43)N2)cc1. The van der Waals surface area contributed by atoms with Crippen molar-refractivity contribution in [1.29, 1.82) is 0 Å². The van der Waals surface area contributed by atoms with Gasteiger partial charge in [0.2, 0.25) is 0 Å². The summed E-state index contributed by atoms with van der Waals surface area (Å²) in [5, 5.41) is 6.41. The lowest BCUT2D eigenvalue weighted by atomic mass is 9.79. The Kier molecular flexibility index (Phi) is 10.1. The van der Waals surface area contributed by atoms with E-state index in [4.69, 9.17) is 9.98 Å². The van der Waals surface area contributed by atoms with Crippen molar-refractivity contribution in [3.05, 3.63) is 270 Å². The molecule has 0 spiro atoms. The molecule has 2 heterocycles. The van der Waals surface area contributed by atoms with Crippen molar-refractivity contribution < 1.29 is 0 Å². The molecule has 11 rings (SSSR count). The van der Waals surface area contributed by atoms with Crippen LogP contribution in [0, 0.1) is 0 Å². The smallest absolute Gasteiger partial charge is 0.159 e. The van der Waals surface area contributed by atoms with Crippen LogP contribution in [0.15, 0.2) is 247 Å². The van der Waals surface area contributed by atoms with Crippen LogP contribution in [-0.4, -0.2) is 16.2 Å². The Hall–Kier alpha value is -8.08. The first-order chi connectivity index (χ1) is 31.3. The van der Waals surface area contributed by atoms with Gasteiger partial charge in [-0.1, -0.05) is 218 Å². The van der Waals surface area contributed by atoms with Gasteiger partial charge in [-0.2, -0.15) is 0 Å². The summed E-state index contributed by atoms with van der Waals surface area (Å²) in [6.07, 6.45) is 0.349. The number of nitrogens with zero attached hydrogens (tertiary/aromatic N) is 3. The number of fused-ring (bicyclic) bond motifs is 3. The van der Waals surface area contributed by atoms with Crippen molar-refractivity contribution in [3.8, 4) is 27.9 Å². The van der Waals surface area contributed by atoms with Gasteiger partial charge in [0.25, 0.3) is 0 Å². The molecule has 300 valence electrons. The predicted octanol–water partition coefficient (Wildman–Crippen LogP) is 14.0. The minimum Gasteiger partial charge on any atom is -0.344 e. The minimum absolute atomic E-state index is 0.0223. The largest absolute Gasteiger partial charge is 0.344 e. The Morgan fingerprint density at radius 2 is 0.937 bits per heavy atom. The van der Waals surface area contributed by atoms with Crippen LogP contribution < -0.4 is 5.32 Å². The van der Waals surface area contributed by atoms with Crippen molar-refractivity contribution in [1.82, 2.24) is 9.88 Å². The molecule has 0 fully saturated rings. The molecule has 1 N–H and O–H groups in total. The summed E-state index contributed by atoms with van der Waals surface area (Å²) in [7, 11) is 0. The lowest BCUT2D eigenvalue weighted by molar-refractivity contribution is 0.654. The van der Waals surface area contributed by atoms with Gasteiger partial charge in [0, 0.05) is 38.9 Å². The van der Waals surface area contributed by atoms with Crippen molar-refractivity contribution in [2.24, 2.45) is 9.98 Å². The highest BCUT2D eigenvalue weighted by molar-refractivity contribution is 6.17.